The lowest BCUT2D eigenvalue weighted by molar-refractivity contribution is -0.201. The van der Waals surface area contributed by atoms with E-state index in [1.54, 1.807) is 6.92 Å². The van der Waals surface area contributed by atoms with Gasteiger partial charge < -0.3 is 9.47 Å². The van der Waals surface area contributed by atoms with Gasteiger partial charge in [0.1, 0.15) is 12.2 Å². The molecule has 0 radical (unpaired) electrons. The summed E-state index contributed by atoms with van der Waals surface area (Å²) >= 11 is 0. The summed E-state index contributed by atoms with van der Waals surface area (Å²) in [6.45, 7) is 17.8. The van der Waals surface area contributed by atoms with Crippen LogP contribution >= 0.6 is 0 Å². The predicted octanol–water partition coefficient (Wildman–Crippen LogP) is 7.83. The molecule has 0 saturated heterocycles. The maximum Gasteiger partial charge on any atom is 0.302 e. The lowest BCUT2D eigenvalue weighted by atomic mass is 9.43. The Kier molecular flexibility index (Phi) is 8.23. The van der Waals surface area contributed by atoms with Crippen molar-refractivity contribution < 1.29 is 19.1 Å². The number of carbonyl (C=O) groups excluding carboxylic acids is 2. The van der Waals surface area contributed by atoms with Crippen LogP contribution in [0.25, 0.3) is 0 Å². The highest BCUT2D eigenvalue weighted by atomic mass is 16.5. The largest absolute Gasteiger partial charge is 0.463 e. The van der Waals surface area contributed by atoms with Crippen molar-refractivity contribution >= 4 is 11.9 Å². The Morgan fingerprint density at radius 2 is 1.56 bits per heavy atom. The molecular formula is C32H54O4. The summed E-state index contributed by atoms with van der Waals surface area (Å²) in [5, 5.41) is 0. The van der Waals surface area contributed by atoms with Gasteiger partial charge in [-0.3, -0.25) is 9.59 Å². The van der Waals surface area contributed by atoms with Gasteiger partial charge >= 0.3 is 11.9 Å². The topological polar surface area (TPSA) is 52.6 Å². The van der Waals surface area contributed by atoms with E-state index < -0.39 is 0 Å². The molecule has 4 heteroatoms. The van der Waals surface area contributed by atoms with Crippen LogP contribution in [-0.2, 0) is 19.1 Å². The number of rotatable bonds is 7. The van der Waals surface area contributed by atoms with Crippen molar-refractivity contribution in [2.75, 3.05) is 0 Å². The minimum absolute atomic E-state index is 0.0224. The molecule has 206 valence electrons. The Bertz CT molecular complexity index is 806. The summed E-state index contributed by atoms with van der Waals surface area (Å²) in [6.07, 6.45) is 11.9. The lowest BCUT2D eigenvalue weighted by Crippen LogP contribution is -2.60. The molecule has 4 aliphatic carbocycles. The van der Waals surface area contributed by atoms with Crippen molar-refractivity contribution in [1.82, 2.24) is 0 Å². The van der Waals surface area contributed by atoms with E-state index in [2.05, 4.69) is 41.5 Å². The fourth-order valence-electron chi connectivity index (χ4n) is 10.0. The lowest BCUT2D eigenvalue weighted by Gasteiger charge is -2.63. The Morgan fingerprint density at radius 1 is 0.861 bits per heavy atom. The Labute approximate surface area is 221 Å². The standard InChI is InChI=1S/C32H54O4/c1-19(2)20(3)9-10-21(4)27-13-14-28-26-12-11-24-17-25(35-22(5)33)15-16-31(24,7)30(26)29(36-23(6)34)18-32(27,28)8/h19-21,24-30H,9-18H2,1-8H3/t20-,21+,24-,25+,26-,27-,28+,29+,30-,31-,32-/m0/s1. The minimum atomic E-state index is -0.155. The van der Waals surface area contributed by atoms with Gasteiger partial charge in [-0.15, -0.1) is 0 Å². The van der Waals surface area contributed by atoms with Crippen LogP contribution < -0.4 is 0 Å². The van der Waals surface area contributed by atoms with Gasteiger partial charge in [0.15, 0.2) is 0 Å². The molecule has 0 unspecified atom stereocenters. The van der Waals surface area contributed by atoms with Crippen molar-refractivity contribution in [3.8, 4) is 0 Å². The summed E-state index contributed by atoms with van der Waals surface area (Å²) in [6, 6.07) is 0. The predicted molar refractivity (Wildman–Crippen MR) is 144 cm³/mol. The molecule has 4 aliphatic rings. The average molecular weight is 503 g/mol. The van der Waals surface area contributed by atoms with E-state index in [4.69, 9.17) is 9.47 Å². The van der Waals surface area contributed by atoms with Crippen LogP contribution in [0, 0.1) is 58.2 Å². The highest BCUT2D eigenvalue weighted by Crippen LogP contribution is 2.69. The zero-order valence-corrected chi connectivity index (χ0v) is 24.5. The molecule has 4 nitrogen and oxygen atoms in total. The molecule has 4 saturated carbocycles. The van der Waals surface area contributed by atoms with Crippen LogP contribution in [0.5, 0.6) is 0 Å². The maximum absolute atomic E-state index is 12.4. The van der Waals surface area contributed by atoms with E-state index in [1.807, 2.05) is 0 Å². The van der Waals surface area contributed by atoms with Crippen molar-refractivity contribution in [3.05, 3.63) is 0 Å². The summed E-state index contributed by atoms with van der Waals surface area (Å²) < 4.78 is 11.9. The molecule has 36 heavy (non-hydrogen) atoms. The number of fused-ring (bicyclic) bond motifs is 5. The van der Waals surface area contributed by atoms with Gasteiger partial charge in [0.05, 0.1) is 0 Å². The molecule has 0 aromatic heterocycles. The van der Waals surface area contributed by atoms with Gasteiger partial charge in [-0.05, 0) is 104 Å². The second-order valence-corrected chi connectivity index (χ2v) is 14.4. The van der Waals surface area contributed by atoms with E-state index in [0.717, 1.165) is 55.3 Å². The van der Waals surface area contributed by atoms with Gasteiger partial charge in [-0.1, -0.05) is 54.4 Å². The zero-order chi connectivity index (χ0) is 26.4. The van der Waals surface area contributed by atoms with E-state index in [0.29, 0.717) is 17.8 Å². The van der Waals surface area contributed by atoms with Gasteiger partial charge in [0.25, 0.3) is 0 Å². The molecule has 0 heterocycles. The molecule has 0 N–H and O–H groups in total. The van der Waals surface area contributed by atoms with Crippen LogP contribution in [0.4, 0.5) is 0 Å². The normalized spacial score (nSPS) is 43.6. The summed E-state index contributed by atoms with van der Waals surface area (Å²) in [5.41, 5.74) is 0.428. The third-order valence-electron chi connectivity index (χ3n) is 12.1. The number of carbonyl (C=O) groups is 2. The SMILES string of the molecule is CC(=O)O[C@@H]1CC[C@@]2(C)[C@@H](CC[C@@H]3[C@H]2[C@H](OC(C)=O)C[C@]2(C)[C@@H]3CC[C@H]2[C@H](C)CC[C@H](C)C(C)C)C1. The average Bonchev–Trinajstić information content (AvgIpc) is 3.13. The molecule has 0 bridgehead atoms. The molecule has 0 aromatic rings. The number of hydrogen-bond donors (Lipinski definition) is 0. The molecule has 0 spiro atoms. The second-order valence-electron chi connectivity index (χ2n) is 14.4. The zero-order valence-electron chi connectivity index (χ0n) is 24.5. The number of esters is 2. The fraction of sp³-hybridized carbons (Fsp3) is 0.938. The van der Waals surface area contributed by atoms with Gasteiger partial charge in [-0.25, -0.2) is 0 Å². The first-order chi connectivity index (χ1) is 16.9. The van der Waals surface area contributed by atoms with Crippen LogP contribution in [0.2, 0.25) is 0 Å². The van der Waals surface area contributed by atoms with Crippen molar-refractivity contribution in [3.63, 3.8) is 0 Å². The molecule has 0 aromatic carbocycles. The van der Waals surface area contributed by atoms with Crippen molar-refractivity contribution in [2.45, 2.75) is 132 Å². The summed E-state index contributed by atoms with van der Waals surface area (Å²) in [5.74, 6) is 5.08. The summed E-state index contributed by atoms with van der Waals surface area (Å²) in [4.78, 5) is 24.0. The second kappa shape index (κ2) is 10.6. The molecular weight excluding hydrogens is 448 g/mol. The van der Waals surface area contributed by atoms with Crippen LogP contribution in [0.1, 0.15) is 120 Å². The number of ether oxygens (including phenoxy) is 2. The van der Waals surface area contributed by atoms with Gasteiger partial charge in [-0.2, -0.15) is 0 Å². The first kappa shape index (κ1) is 28.0. The first-order valence-corrected chi connectivity index (χ1v) is 15.2. The van der Waals surface area contributed by atoms with Gasteiger partial charge in [0, 0.05) is 19.8 Å². The smallest absolute Gasteiger partial charge is 0.302 e. The Balaban J connectivity index is 1.57. The van der Waals surface area contributed by atoms with Gasteiger partial charge in [0.2, 0.25) is 0 Å². The van der Waals surface area contributed by atoms with E-state index in [-0.39, 0.29) is 35.0 Å². The third kappa shape index (κ3) is 5.13. The molecule has 4 rings (SSSR count). The Morgan fingerprint density at radius 3 is 2.19 bits per heavy atom. The van der Waals surface area contributed by atoms with Crippen LogP contribution in [0.15, 0.2) is 0 Å². The summed E-state index contributed by atoms with van der Waals surface area (Å²) in [7, 11) is 0. The molecule has 0 amide bonds. The first-order valence-electron chi connectivity index (χ1n) is 15.2. The van der Waals surface area contributed by atoms with Crippen molar-refractivity contribution in [2.24, 2.45) is 58.2 Å². The monoisotopic (exact) mass is 502 g/mol. The van der Waals surface area contributed by atoms with E-state index >= 15 is 0 Å². The number of hydrogen-bond acceptors (Lipinski definition) is 4. The van der Waals surface area contributed by atoms with E-state index in [1.165, 1.54) is 45.4 Å². The van der Waals surface area contributed by atoms with Crippen LogP contribution in [0.3, 0.4) is 0 Å². The minimum Gasteiger partial charge on any atom is -0.463 e. The van der Waals surface area contributed by atoms with Crippen molar-refractivity contribution in [1.29, 1.82) is 0 Å². The highest BCUT2D eigenvalue weighted by Gasteiger charge is 2.64. The van der Waals surface area contributed by atoms with Crippen LogP contribution in [-0.4, -0.2) is 24.1 Å². The van der Waals surface area contributed by atoms with E-state index in [9.17, 15) is 9.59 Å². The fourth-order valence-corrected chi connectivity index (χ4v) is 10.0. The quantitative estimate of drug-likeness (QED) is 0.333. The Hall–Kier alpha value is -1.06. The molecule has 0 aliphatic heterocycles. The maximum atomic E-state index is 12.4. The highest BCUT2D eigenvalue weighted by molar-refractivity contribution is 5.66. The third-order valence-corrected chi connectivity index (χ3v) is 12.1. The molecule has 11 atom stereocenters. The molecule has 4 fully saturated rings.